The van der Waals surface area contributed by atoms with Gasteiger partial charge in [-0.1, -0.05) is 60.7 Å². The van der Waals surface area contributed by atoms with Crippen LogP contribution in [0.4, 0.5) is 0 Å². The Kier molecular flexibility index (Phi) is 5.47. The summed E-state index contributed by atoms with van der Waals surface area (Å²) in [6.07, 6.45) is 5.47. The Morgan fingerprint density at radius 3 is 2.24 bits per heavy atom. The second kappa shape index (κ2) is 8.52. The van der Waals surface area contributed by atoms with Crippen LogP contribution >= 0.6 is 0 Å². The molecule has 0 fully saturated rings. The van der Waals surface area contributed by atoms with Crippen LogP contribution in [0.15, 0.2) is 91.4 Å². The molecule has 5 nitrogen and oxygen atoms in total. The van der Waals surface area contributed by atoms with Crippen molar-refractivity contribution in [1.82, 2.24) is 20.1 Å². The number of pyridine rings is 1. The number of carbonyl (C=O) groups is 1. The van der Waals surface area contributed by atoms with E-state index in [2.05, 4.69) is 15.4 Å². The quantitative estimate of drug-likeness (QED) is 0.550. The number of aryl methyl sites for hydroxylation is 1. The standard InChI is InChI=1S/C24H22N4O/c1-28-17-21(16-27-28)22-14-18(12-13-25-22)15-26-24(29)23(19-8-4-2-5-9-19)20-10-6-3-7-11-20/h2-14,16-17,23H,15H2,1H3,(H,26,29). The lowest BCUT2D eigenvalue weighted by Crippen LogP contribution is -2.29. The van der Waals surface area contributed by atoms with Gasteiger partial charge in [-0.2, -0.15) is 5.10 Å². The minimum absolute atomic E-state index is 0.0258. The summed E-state index contributed by atoms with van der Waals surface area (Å²) in [5, 5.41) is 7.29. The van der Waals surface area contributed by atoms with E-state index in [9.17, 15) is 4.79 Å². The molecule has 0 aliphatic carbocycles. The maximum absolute atomic E-state index is 13.1. The molecular weight excluding hydrogens is 360 g/mol. The first kappa shape index (κ1) is 18.6. The molecule has 29 heavy (non-hydrogen) atoms. The maximum atomic E-state index is 13.1. The molecule has 5 heteroatoms. The van der Waals surface area contributed by atoms with Crippen molar-refractivity contribution in [3.63, 3.8) is 0 Å². The molecule has 0 saturated carbocycles. The molecular formula is C24H22N4O. The zero-order valence-electron chi connectivity index (χ0n) is 16.2. The molecule has 0 bridgehead atoms. The zero-order valence-corrected chi connectivity index (χ0v) is 16.2. The first-order valence-corrected chi connectivity index (χ1v) is 9.52. The van der Waals surface area contributed by atoms with E-state index in [-0.39, 0.29) is 11.8 Å². The highest BCUT2D eigenvalue weighted by Gasteiger charge is 2.22. The fraction of sp³-hybridized carbons (Fsp3) is 0.125. The van der Waals surface area contributed by atoms with Crippen LogP contribution in [-0.2, 0) is 18.4 Å². The lowest BCUT2D eigenvalue weighted by atomic mass is 9.90. The van der Waals surface area contributed by atoms with Crippen molar-refractivity contribution in [2.24, 2.45) is 7.05 Å². The first-order valence-electron chi connectivity index (χ1n) is 9.52. The molecule has 0 saturated heterocycles. The topological polar surface area (TPSA) is 59.8 Å². The predicted octanol–water partition coefficient (Wildman–Crippen LogP) is 3.93. The van der Waals surface area contributed by atoms with Crippen molar-refractivity contribution < 1.29 is 4.79 Å². The molecule has 0 aliphatic rings. The number of nitrogens with zero attached hydrogens (tertiary/aromatic N) is 3. The first-order chi connectivity index (χ1) is 14.2. The van der Waals surface area contributed by atoms with Crippen LogP contribution in [0.2, 0.25) is 0 Å². The van der Waals surface area contributed by atoms with Crippen LogP contribution in [0.1, 0.15) is 22.6 Å². The van der Waals surface area contributed by atoms with Gasteiger partial charge in [0.15, 0.2) is 0 Å². The Hall–Kier alpha value is -3.73. The van der Waals surface area contributed by atoms with Gasteiger partial charge in [0.25, 0.3) is 0 Å². The number of rotatable bonds is 6. The van der Waals surface area contributed by atoms with Gasteiger partial charge in [-0.05, 0) is 28.8 Å². The van der Waals surface area contributed by atoms with Crippen LogP contribution in [-0.4, -0.2) is 20.7 Å². The Bertz CT molecular complexity index is 1050. The molecule has 4 rings (SSSR count). The minimum atomic E-state index is -0.350. The number of carbonyl (C=O) groups excluding carboxylic acids is 1. The number of amides is 1. The van der Waals surface area contributed by atoms with Crippen LogP contribution in [0, 0.1) is 0 Å². The third kappa shape index (κ3) is 4.41. The molecule has 0 spiro atoms. The summed E-state index contributed by atoms with van der Waals surface area (Å²) in [4.78, 5) is 17.5. The fourth-order valence-electron chi connectivity index (χ4n) is 3.37. The molecule has 0 radical (unpaired) electrons. The third-order valence-corrected chi connectivity index (χ3v) is 4.82. The molecule has 2 aromatic carbocycles. The number of aromatic nitrogens is 3. The molecule has 2 heterocycles. The van der Waals surface area contributed by atoms with Gasteiger partial charge >= 0.3 is 0 Å². The van der Waals surface area contributed by atoms with Crippen molar-refractivity contribution in [2.75, 3.05) is 0 Å². The SMILES string of the molecule is Cn1cc(-c2cc(CNC(=O)C(c3ccccc3)c3ccccc3)ccn2)cn1. The molecule has 0 unspecified atom stereocenters. The van der Waals surface area contributed by atoms with Crippen molar-refractivity contribution in [3.8, 4) is 11.3 Å². The Balaban J connectivity index is 1.53. The smallest absolute Gasteiger partial charge is 0.232 e. The summed E-state index contributed by atoms with van der Waals surface area (Å²) in [5.74, 6) is -0.376. The van der Waals surface area contributed by atoms with E-state index in [1.165, 1.54) is 0 Å². The van der Waals surface area contributed by atoms with Crippen LogP contribution in [0.3, 0.4) is 0 Å². The highest BCUT2D eigenvalue weighted by Crippen LogP contribution is 2.25. The average Bonchev–Trinajstić information content (AvgIpc) is 3.21. The number of nitrogens with one attached hydrogen (secondary N) is 1. The summed E-state index contributed by atoms with van der Waals surface area (Å²) in [7, 11) is 1.88. The van der Waals surface area contributed by atoms with E-state index < -0.39 is 0 Å². The molecule has 1 N–H and O–H groups in total. The predicted molar refractivity (Wildman–Crippen MR) is 113 cm³/mol. The summed E-state index contributed by atoms with van der Waals surface area (Å²) in [5.41, 5.74) is 4.73. The summed E-state index contributed by atoms with van der Waals surface area (Å²) >= 11 is 0. The van der Waals surface area contributed by atoms with Gasteiger partial charge in [0.05, 0.1) is 17.8 Å². The van der Waals surface area contributed by atoms with Gasteiger partial charge in [-0.15, -0.1) is 0 Å². The van der Waals surface area contributed by atoms with Crippen molar-refractivity contribution >= 4 is 5.91 Å². The van der Waals surface area contributed by atoms with E-state index in [1.807, 2.05) is 86.0 Å². The van der Waals surface area contributed by atoms with Gasteiger partial charge in [0, 0.05) is 31.5 Å². The lowest BCUT2D eigenvalue weighted by Gasteiger charge is -2.18. The lowest BCUT2D eigenvalue weighted by molar-refractivity contribution is -0.121. The van der Waals surface area contributed by atoms with Gasteiger partial charge in [-0.25, -0.2) is 0 Å². The number of benzene rings is 2. The molecule has 4 aromatic rings. The van der Waals surface area contributed by atoms with Crippen molar-refractivity contribution in [1.29, 1.82) is 0 Å². The van der Waals surface area contributed by atoms with Crippen LogP contribution in [0.5, 0.6) is 0 Å². The largest absolute Gasteiger partial charge is 0.351 e. The molecule has 2 aromatic heterocycles. The number of hydrogen-bond donors (Lipinski definition) is 1. The van der Waals surface area contributed by atoms with Crippen molar-refractivity contribution in [2.45, 2.75) is 12.5 Å². The van der Waals surface area contributed by atoms with E-state index in [0.29, 0.717) is 6.54 Å². The second-order valence-electron chi connectivity index (χ2n) is 6.92. The molecule has 0 aliphatic heterocycles. The van der Waals surface area contributed by atoms with E-state index in [4.69, 9.17) is 0 Å². The fourth-order valence-corrected chi connectivity index (χ4v) is 3.37. The summed E-state index contributed by atoms with van der Waals surface area (Å²) < 4.78 is 1.75. The third-order valence-electron chi connectivity index (χ3n) is 4.82. The summed E-state index contributed by atoms with van der Waals surface area (Å²) in [6, 6.07) is 23.6. The Morgan fingerprint density at radius 2 is 1.66 bits per heavy atom. The average molecular weight is 382 g/mol. The molecule has 144 valence electrons. The zero-order chi connectivity index (χ0) is 20.1. The Morgan fingerprint density at radius 1 is 1.00 bits per heavy atom. The van der Waals surface area contributed by atoms with Crippen LogP contribution < -0.4 is 5.32 Å². The normalized spacial score (nSPS) is 10.8. The van der Waals surface area contributed by atoms with E-state index in [1.54, 1.807) is 17.1 Å². The van der Waals surface area contributed by atoms with Gasteiger partial charge in [0.2, 0.25) is 5.91 Å². The second-order valence-corrected chi connectivity index (χ2v) is 6.92. The van der Waals surface area contributed by atoms with Gasteiger partial charge in [-0.3, -0.25) is 14.5 Å². The maximum Gasteiger partial charge on any atom is 0.232 e. The monoisotopic (exact) mass is 382 g/mol. The minimum Gasteiger partial charge on any atom is -0.351 e. The number of hydrogen-bond acceptors (Lipinski definition) is 3. The Labute approximate surface area is 170 Å². The highest BCUT2D eigenvalue weighted by atomic mass is 16.1. The molecule has 0 atom stereocenters. The van der Waals surface area contributed by atoms with Crippen molar-refractivity contribution in [3.05, 3.63) is 108 Å². The molecule has 1 amide bonds. The van der Waals surface area contributed by atoms with E-state index >= 15 is 0 Å². The van der Waals surface area contributed by atoms with Crippen LogP contribution in [0.25, 0.3) is 11.3 Å². The van der Waals surface area contributed by atoms with Gasteiger partial charge in [0.1, 0.15) is 0 Å². The summed E-state index contributed by atoms with van der Waals surface area (Å²) in [6.45, 7) is 0.435. The highest BCUT2D eigenvalue weighted by molar-refractivity contribution is 5.87. The van der Waals surface area contributed by atoms with E-state index in [0.717, 1.165) is 27.9 Å². The van der Waals surface area contributed by atoms with Gasteiger partial charge < -0.3 is 5.32 Å².